The van der Waals surface area contributed by atoms with E-state index in [1.807, 2.05) is 0 Å². The van der Waals surface area contributed by atoms with Gasteiger partial charge in [-0.15, -0.1) is 0 Å². The molecule has 20 heavy (non-hydrogen) atoms. The van der Waals surface area contributed by atoms with Crippen molar-refractivity contribution in [3.05, 3.63) is 0 Å². The van der Waals surface area contributed by atoms with Gasteiger partial charge in [-0.05, 0) is 39.5 Å². The van der Waals surface area contributed by atoms with E-state index in [0.717, 1.165) is 12.8 Å². The van der Waals surface area contributed by atoms with E-state index >= 15 is 0 Å². The minimum absolute atomic E-state index is 0.0922. The van der Waals surface area contributed by atoms with E-state index < -0.39 is 40.0 Å². The van der Waals surface area contributed by atoms with Gasteiger partial charge in [-0.3, -0.25) is 9.59 Å². The van der Waals surface area contributed by atoms with Gasteiger partial charge in [0.15, 0.2) is 0 Å². The fourth-order valence-corrected chi connectivity index (χ4v) is 3.26. The Morgan fingerprint density at radius 1 is 1.35 bits per heavy atom. The summed E-state index contributed by atoms with van der Waals surface area (Å²) >= 11 is 0. The number of carboxylic acids is 1. The lowest BCUT2D eigenvalue weighted by atomic mass is 10.2. The van der Waals surface area contributed by atoms with Crippen LogP contribution in [-0.4, -0.2) is 42.9 Å². The lowest BCUT2D eigenvalue weighted by Gasteiger charge is -2.21. The van der Waals surface area contributed by atoms with Crippen LogP contribution in [0.3, 0.4) is 0 Å². The van der Waals surface area contributed by atoms with Gasteiger partial charge in [0.2, 0.25) is 10.0 Å². The third-order valence-corrected chi connectivity index (χ3v) is 4.12. The molecule has 0 aromatic carbocycles. The van der Waals surface area contributed by atoms with Crippen LogP contribution in [0.4, 0.5) is 0 Å². The number of nitrogens with one attached hydrogen (secondary N) is 1. The molecule has 0 aromatic heterocycles. The highest BCUT2D eigenvalue weighted by Gasteiger charge is 2.33. The summed E-state index contributed by atoms with van der Waals surface area (Å²) in [6.45, 7) is 4.95. The van der Waals surface area contributed by atoms with Crippen LogP contribution >= 0.6 is 0 Å². The van der Waals surface area contributed by atoms with Crippen molar-refractivity contribution in [1.29, 1.82) is 0 Å². The van der Waals surface area contributed by atoms with Gasteiger partial charge in [-0.2, -0.15) is 0 Å². The summed E-state index contributed by atoms with van der Waals surface area (Å²) in [5.74, 6) is -2.14. The van der Waals surface area contributed by atoms with E-state index in [9.17, 15) is 18.0 Å². The van der Waals surface area contributed by atoms with Crippen molar-refractivity contribution in [1.82, 2.24) is 4.72 Å². The van der Waals surface area contributed by atoms with E-state index in [1.165, 1.54) is 0 Å². The fourth-order valence-electron chi connectivity index (χ4n) is 1.59. The molecule has 1 saturated carbocycles. The zero-order valence-corrected chi connectivity index (χ0v) is 12.7. The minimum Gasteiger partial charge on any atom is -0.480 e. The van der Waals surface area contributed by atoms with Gasteiger partial charge in [0.1, 0.15) is 11.6 Å². The second-order valence-electron chi connectivity index (χ2n) is 6.02. The van der Waals surface area contributed by atoms with Gasteiger partial charge in [-0.25, -0.2) is 13.1 Å². The molecule has 0 aromatic rings. The Balaban J connectivity index is 2.60. The number of aliphatic carboxylic acids is 1. The van der Waals surface area contributed by atoms with Crippen molar-refractivity contribution in [2.75, 3.05) is 5.75 Å². The largest absolute Gasteiger partial charge is 0.480 e. The Labute approximate surface area is 118 Å². The van der Waals surface area contributed by atoms with E-state index in [1.54, 1.807) is 20.8 Å². The first-order valence-corrected chi connectivity index (χ1v) is 8.08. The maximum Gasteiger partial charge on any atom is 0.322 e. The topological polar surface area (TPSA) is 110 Å². The van der Waals surface area contributed by atoms with Crippen LogP contribution in [0.2, 0.25) is 0 Å². The molecule has 1 aliphatic rings. The first kappa shape index (κ1) is 16.9. The highest BCUT2D eigenvalue weighted by Crippen LogP contribution is 2.30. The molecule has 116 valence electrons. The predicted octanol–water partition coefficient (Wildman–Crippen LogP) is 0.501. The summed E-state index contributed by atoms with van der Waals surface area (Å²) in [4.78, 5) is 22.6. The zero-order valence-electron chi connectivity index (χ0n) is 11.9. The van der Waals surface area contributed by atoms with Crippen LogP contribution in [0.25, 0.3) is 0 Å². The Morgan fingerprint density at radius 2 is 1.90 bits per heavy atom. The Hall–Kier alpha value is -1.15. The molecule has 1 aliphatic carbocycles. The van der Waals surface area contributed by atoms with Crippen LogP contribution in [-0.2, 0) is 24.3 Å². The van der Waals surface area contributed by atoms with Crippen molar-refractivity contribution >= 4 is 22.0 Å². The number of hydrogen-bond acceptors (Lipinski definition) is 5. The molecule has 7 nitrogen and oxygen atoms in total. The molecular weight excluding hydrogens is 286 g/mol. The van der Waals surface area contributed by atoms with E-state index in [0.29, 0.717) is 0 Å². The molecule has 1 atom stereocenters. The van der Waals surface area contributed by atoms with Gasteiger partial charge >= 0.3 is 11.9 Å². The summed E-state index contributed by atoms with van der Waals surface area (Å²) in [6.07, 6.45) is 1.14. The average molecular weight is 307 g/mol. The molecule has 2 N–H and O–H groups in total. The maximum absolute atomic E-state index is 11.7. The van der Waals surface area contributed by atoms with Gasteiger partial charge in [-0.1, -0.05) is 0 Å². The van der Waals surface area contributed by atoms with Gasteiger partial charge in [0.25, 0.3) is 0 Å². The highest BCUT2D eigenvalue weighted by molar-refractivity contribution is 7.89. The quantitative estimate of drug-likeness (QED) is 0.663. The predicted molar refractivity (Wildman–Crippen MR) is 71.5 cm³/mol. The van der Waals surface area contributed by atoms with Gasteiger partial charge < -0.3 is 9.84 Å². The fraction of sp³-hybridized carbons (Fsp3) is 0.833. The summed E-state index contributed by atoms with van der Waals surface area (Å²) in [5.41, 5.74) is -0.743. The molecule has 8 heteroatoms. The molecule has 0 heterocycles. The first-order chi connectivity index (χ1) is 8.98. The number of sulfonamides is 1. The molecule has 0 bridgehead atoms. The second-order valence-corrected chi connectivity index (χ2v) is 7.82. The average Bonchev–Trinajstić information content (AvgIpc) is 2.95. The molecule has 0 aliphatic heterocycles. The summed E-state index contributed by atoms with van der Waals surface area (Å²) in [7, 11) is -3.69. The smallest absolute Gasteiger partial charge is 0.322 e. The SMILES string of the molecule is CC(C)(C)OC(=O)C[C@H](NS(=O)(=O)CC1CC1)C(=O)O. The zero-order chi connectivity index (χ0) is 15.6. The van der Waals surface area contributed by atoms with Crippen molar-refractivity contribution < 1.29 is 27.9 Å². The van der Waals surface area contributed by atoms with Crippen LogP contribution < -0.4 is 4.72 Å². The number of carbonyl (C=O) groups excluding carboxylic acids is 1. The number of hydrogen-bond donors (Lipinski definition) is 2. The molecule has 0 spiro atoms. The lowest BCUT2D eigenvalue weighted by Crippen LogP contribution is -2.44. The number of rotatable bonds is 7. The number of ether oxygens (including phenoxy) is 1. The molecule has 0 radical (unpaired) electrons. The van der Waals surface area contributed by atoms with Gasteiger partial charge in [0, 0.05) is 0 Å². The number of carboxylic acid groups (broad SMARTS) is 1. The van der Waals surface area contributed by atoms with Crippen molar-refractivity contribution in [2.24, 2.45) is 5.92 Å². The summed E-state index contributed by atoms with van der Waals surface area (Å²) in [6, 6.07) is -1.49. The van der Waals surface area contributed by atoms with Crippen molar-refractivity contribution in [3.8, 4) is 0 Å². The summed E-state index contributed by atoms with van der Waals surface area (Å²) < 4.78 is 30.5. The number of esters is 1. The van der Waals surface area contributed by atoms with E-state index in [2.05, 4.69) is 4.72 Å². The molecule has 1 fully saturated rings. The molecule has 1 rings (SSSR count). The lowest BCUT2D eigenvalue weighted by molar-refractivity contribution is -0.158. The third-order valence-electron chi connectivity index (χ3n) is 2.56. The standard InChI is InChI=1S/C12H21NO6S/c1-12(2,3)19-10(14)6-9(11(15)16)13-20(17,18)7-8-4-5-8/h8-9,13H,4-7H2,1-3H3,(H,15,16)/t9-/m0/s1. The van der Waals surface area contributed by atoms with Gasteiger partial charge in [0.05, 0.1) is 12.2 Å². The van der Waals surface area contributed by atoms with Crippen molar-refractivity contribution in [3.63, 3.8) is 0 Å². The van der Waals surface area contributed by atoms with Crippen LogP contribution in [0.15, 0.2) is 0 Å². The Bertz CT molecular complexity index is 475. The maximum atomic E-state index is 11.7. The summed E-state index contributed by atoms with van der Waals surface area (Å²) in [5, 5.41) is 9.00. The monoisotopic (exact) mass is 307 g/mol. The third kappa shape index (κ3) is 6.85. The molecule has 0 amide bonds. The number of carbonyl (C=O) groups is 2. The van der Waals surface area contributed by atoms with E-state index in [4.69, 9.17) is 9.84 Å². The molecular formula is C12H21NO6S. The van der Waals surface area contributed by atoms with Crippen LogP contribution in [0, 0.1) is 5.92 Å². The van der Waals surface area contributed by atoms with E-state index in [-0.39, 0.29) is 11.7 Å². The molecule has 0 unspecified atom stereocenters. The second kappa shape index (κ2) is 6.09. The van der Waals surface area contributed by atoms with Crippen LogP contribution in [0.1, 0.15) is 40.0 Å². The van der Waals surface area contributed by atoms with Crippen LogP contribution in [0.5, 0.6) is 0 Å². The normalized spacial score (nSPS) is 17.6. The van der Waals surface area contributed by atoms with Crippen molar-refractivity contribution in [2.45, 2.75) is 51.7 Å². The Morgan fingerprint density at radius 3 is 2.30 bits per heavy atom. The molecule has 0 saturated heterocycles. The first-order valence-electron chi connectivity index (χ1n) is 6.43. The minimum atomic E-state index is -3.69. The Kier molecular flexibility index (Phi) is 5.15. The highest BCUT2D eigenvalue weighted by atomic mass is 32.2.